The van der Waals surface area contributed by atoms with Crippen LogP contribution in [0.2, 0.25) is 0 Å². The van der Waals surface area contributed by atoms with Crippen LogP contribution >= 0.6 is 0 Å². The SMILES string of the molecule is CCC1(C(=O)c2ccc(C)cc2)CCCN1. The predicted octanol–water partition coefficient (Wildman–Crippen LogP) is 2.71. The first-order valence-electron chi connectivity index (χ1n) is 6.04. The zero-order valence-corrected chi connectivity index (χ0v) is 10.0. The summed E-state index contributed by atoms with van der Waals surface area (Å²) in [5, 5.41) is 3.38. The molecule has 2 nitrogen and oxygen atoms in total. The van der Waals surface area contributed by atoms with Gasteiger partial charge in [0, 0.05) is 5.56 Å². The maximum Gasteiger partial charge on any atom is 0.182 e. The van der Waals surface area contributed by atoms with Crippen LogP contribution in [0.25, 0.3) is 0 Å². The number of hydrogen-bond acceptors (Lipinski definition) is 2. The van der Waals surface area contributed by atoms with Crippen LogP contribution in [0, 0.1) is 6.92 Å². The standard InChI is InChI=1S/C14H19NO/c1-3-14(9-4-10-15-14)13(16)12-7-5-11(2)6-8-12/h5-8,15H,3-4,9-10H2,1-2H3. The minimum absolute atomic E-state index is 0.257. The molecule has 1 N–H and O–H groups in total. The molecule has 0 bridgehead atoms. The number of carbonyl (C=O) groups is 1. The van der Waals surface area contributed by atoms with E-state index in [4.69, 9.17) is 0 Å². The topological polar surface area (TPSA) is 29.1 Å². The van der Waals surface area contributed by atoms with E-state index in [2.05, 4.69) is 12.2 Å². The first-order valence-corrected chi connectivity index (χ1v) is 6.04. The Morgan fingerprint density at radius 3 is 2.56 bits per heavy atom. The fourth-order valence-electron chi connectivity index (χ4n) is 2.44. The lowest BCUT2D eigenvalue weighted by molar-refractivity contribution is 0.0864. The van der Waals surface area contributed by atoms with E-state index in [1.807, 2.05) is 31.2 Å². The third kappa shape index (κ3) is 1.90. The van der Waals surface area contributed by atoms with E-state index in [9.17, 15) is 4.79 Å². The number of carbonyl (C=O) groups excluding carboxylic acids is 1. The van der Waals surface area contributed by atoms with Gasteiger partial charge in [0.1, 0.15) is 0 Å². The Morgan fingerprint density at radius 2 is 2.06 bits per heavy atom. The highest BCUT2D eigenvalue weighted by Gasteiger charge is 2.39. The average molecular weight is 217 g/mol. The van der Waals surface area contributed by atoms with E-state index in [0.29, 0.717) is 0 Å². The van der Waals surface area contributed by atoms with Crippen molar-refractivity contribution in [3.63, 3.8) is 0 Å². The Labute approximate surface area is 97.1 Å². The quantitative estimate of drug-likeness (QED) is 0.789. The molecule has 2 heteroatoms. The monoisotopic (exact) mass is 217 g/mol. The fourth-order valence-corrected chi connectivity index (χ4v) is 2.44. The van der Waals surface area contributed by atoms with Crippen LogP contribution in [0.1, 0.15) is 42.1 Å². The van der Waals surface area contributed by atoms with Gasteiger partial charge < -0.3 is 5.32 Å². The van der Waals surface area contributed by atoms with E-state index < -0.39 is 0 Å². The Hall–Kier alpha value is -1.15. The molecule has 2 rings (SSSR count). The number of Topliss-reactive ketones (excluding diaryl/α,β-unsaturated/α-hetero) is 1. The van der Waals surface area contributed by atoms with Crippen molar-refractivity contribution in [1.82, 2.24) is 5.32 Å². The molecule has 1 aliphatic rings. The van der Waals surface area contributed by atoms with Crippen molar-refractivity contribution in [3.8, 4) is 0 Å². The molecule has 1 aromatic rings. The Bertz CT molecular complexity index is 374. The lowest BCUT2D eigenvalue weighted by atomic mass is 9.85. The highest BCUT2D eigenvalue weighted by molar-refractivity contribution is 6.03. The maximum absolute atomic E-state index is 12.4. The van der Waals surface area contributed by atoms with Crippen LogP contribution in [-0.2, 0) is 0 Å². The van der Waals surface area contributed by atoms with Gasteiger partial charge in [-0.3, -0.25) is 4.79 Å². The molecular formula is C14H19NO. The van der Waals surface area contributed by atoms with Crippen molar-refractivity contribution in [2.45, 2.75) is 38.6 Å². The van der Waals surface area contributed by atoms with Gasteiger partial charge in [0.15, 0.2) is 5.78 Å². The van der Waals surface area contributed by atoms with Crippen LogP contribution in [0.15, 0.2) is 24.3 Å². The summed E-state index contributed by atoms with van der Waals surface area (Å²) in [4.78, 5) is 12.4. The van der Waals surface area contributed by atoms with E-state index in [1.54, 1.807) is 0 Å². The molecule has 0 spiro atoms. The van der Waals surface area contributed by atoms with Crippen molar-refractivity contribution in [3.05, 3.63) is 35.4 Å². The molecule has 1 aliphatic heterocycles. The van der Waals surface area contributed by atoms with E-state index in [0.717, 1.165) is 31.4 Å². The first-order chi connectivity index (χ1) is 7.68. The second-order valence-corrected chi connectivity index (χ2v) is 4.66. The number of hydrogen-bond donors (Lipinski definition) is 1. The number of aryl methyl sites for hydroxylation is 1. The van der Waals surface area contributed by atoms with Crippen molar-refractivity contribution >= 4 is 5.78 Å². The summed E-state index contributed by atoms with van der Waals surface area (Å²) in [6, 6.07) is 7.89. The van der Waals surface area contributed by atoms with E-state index in [1.165, 1.54) is 5.56 Å². The summed E-state index contributed by atoms with van der Waals surface area (Å²) in [6.45, 7) is 5.09. The van der Waals surface area contributed by atoms with E-state index in [-0.39, 0.29) is 11.3 Å². The number of nitrogens with one attached hydrogen (secondary N) is 1. The zero-order chi connectivity index (χ0) is 11.6. The smallest absolute Gasteiger partial charge is 0.182 e. The molecule has 86 valence electrons. The van der Waals surface area contributed by atoms with Gasteiger partial charge in [-0.25, -0.2) is 0 Å². The maximum atomic E-state index is 12.4. The third-order valence-corrected chi connectivity index (χ3v) is 3.60. The number of rotatable bonds is 3. The molecule has 0 aromatic heterocycles. The second kappa shape index (κ2) is 4.38. The average Bonchev–Trinajstić information content (AvgIpc) is 2.79. The van der Waals surface area contributed by atoms with Gasteiger partial charge >= 0.3 is 0 Å². The van der Waals surface area contributed by atoms with Gasteiger partial charge in [-0.1, -0.05) is 36.8 Å². The molecule has 1 saturated heterocycles. The molecule has 1 aromatic carbocycles. The highest BCUT2D eigenvalue weighted by atomic mass is 16.1. The van der Waals surface area contributed by atoms with Gasteiger partial charge in [0.2, 0.25) is 0 Å². The Balaban J connectivity index is 2.26. The van der Waals surface area contributed by atoms with Crippen molar-refractivity contribution in [1.29, 1.82) is 0 Å². The summed E-state index contributed by atoms with van der Waals surface area (Å²) < 4.78 is 0. The molecule has 0 saturated carbocycles. The van der Waals surface area contributed by atoms with Crippen molar-refractivity contribution < 1.29 is 4.79 Å². The van der Waals surface area contributed by atoms with Gasteiger partial charge in [0.25, 0.3) is 0 Å². The fraction of sp³-hybridized carbons (Fsp3) is 0.500. The van der Waals surface area contributed by atoms with Crippen molar-refractivity contribution in [2.24, 2.45) is 0 Å². The van der Waals surface area contributed by atoms with Crippen LogP contribution in [-0.4, -0.2) is 17.9 Å². The molecule has 1 heterocycles. The Morgan fingerprint density at radius 1 is 1.38 bits per heavy atom. The van der Waals surface area contributed by atoms with Gasteiger partial charge in [-0.15, -0.1) is 0 Å². The summed E-state index contributed by atoms with van der Waals surface area (Å²) in [5.74, 6) is 0.257. The lowest BCUT2D eigenvalue weighted by Gasteiger charge is -2.26. The van der Waals surface area contributed by atoms with Crippen LogP contribution in [0.5, 0.6) is 0 Å². The van der Waals surface area contributed by atoms with E-state index >= 15 is 0 Å². The van der Waals surface area contributed by atoms with Gasteiger partial charge in [-0.05, 0) is 32.7 Å². The Kier molecular flexibility index (Phi) is 3.10. The molecule has 1 unspecified atom stereocenters. The summed E-state index contributed by atoms with van der Waals surface area (Å²) >= 11 is 0. The van der Waals surface area contributed by atoms with Gasteiger partial charge in [0.05, 0.1) is 5.54 Å². The molecule has 16 heavy (non-hydrogen) atoms. The molecule has 1 atom stereocenters. The van der Waals surface area contributed by atoms with Crippen LogP contribution in [0.3, 0.4) is 0 Å². The predicted molar refractivity (Wildman–Crippen MR) is 65.8 cm³/mol. The normalized spacial score (nSPS) is 24.6. The third-order valence-electron chi connectivity index (χ3n) is 3.60. The molecule has 0 radical (unpaired) electrons. The van der Waals surface area contributed by atoms with Crippen LogP contribution in [0.4, 0.5) is 0 Å². The molecule has 0 aliphatic carbocycles. The molecule has 1 fully saturated rings. The second-order valence-electron chi connectivity index (χ2n) is 4.66. The zero-order valence-electron chi connectivity index (χ0n) is 10.0. The largest absolute Gasteiger partial charge is 0.305 e. The number of benzene rings is 1. The lowest BCUT2D eigenvalue weighted by Crippen LogP contribution is -2.46. The number of ketones is 1. The first kappa shape index (κ1) is 11.3. The minimum atomic E-state index is -0.296. The molecule has 0 amide bonds. The summed E-state index contributed by atoms with van der Waals surface area (Å²) in [5.41, 5.74) is 1.73. The summed E-state index contributed by atoms with van der Waals surface area (Å²) in [6.07, 6.45) is 2.95. The van der Waals surface area contributed by atoms with Gasteiger partial charge in [-0.2, -0.15) is 0 Å². The van der Waals surface area contributed by atoms with Crippen LogP contribution < -0.4 is 5.32 Å². The summed E-state index contributed by atoms with van der Waals surface area (Å²) in [7, 11) is 0. The minimum Gasteiger partial charge on any atom is -0.305 e. The highest BCUT2D eigenvalue weighted by Crippen LogP contribution is 2.27. The van der Waals surface area contributed by atoms with Crippen molar-refractivity contribution in [2.75, 3.05) is 6.54 Å². The molecular weight excluding hydrogens is 198 g/mol.